The first-order valence-electron chi connectivity index (χ1n) is 5.81. The normalized spacial score (nSPS) is 11.1. The van der Waals surface area contributed by atoms with Crippen LogP contribution in [0.4, 0.5) is 11.4 Å². The molecule has 0 saturated carbocycles. The number of nitro groups is 1. The van der Waals surface area contributed by atoms with Gasteiger partial charge in [-0.05, 0) is 18.2 Å². The minimum atomic E-state index is -3.93. The molecule has 0 radical (unpaired) electrons. The van der Waals surface area contributed by atoms with E-state index in [2.05, 4.69) is 0 Å². The Balaban J connectivity index is 2.52. The Labute approximate surface area is 126 Å². The number of anilines is 1. The first-order chi connectivity index (χ1) is 9.82. The van der Waals surface area contributed by atoms with Gasteiger partial charge in [-0.1, -0.05) is 29.8 Å². The number of nitrogens with zero attached hydrogens (tertiary/aromatic N) is 2. The maximum atomic E-state index is 12.5. The molecule has 0 fully saturated rings. The number of rotatable bonds is 4. The predicted octanol–water partition coefficient (Wildman–Crippen LogP) is 3.07. The summed E-state index contributed by atoms with van der Waals surface area (Å²) in [4.78, 5) is 9.89. The molecule has 8 heteroatoms. The number of sulfonamides is 1. The minimum Gasteiger partial charge on any atom is -0.269 e. The van der Waals surface area contributed by atoms with Crippen molar-refractivity contribution in [1.82, 2.24) is 0 Å². The second-order valence-electron chi connectivity index (χ2n) is 4.21. The Morgan fingerprint density at radius 3 is 2.33 bits per heavy atom. The van der Waals surface area contributed by atoms with Crippen LogP contribution in [0.15, 0.2) is 53.4 Å². The van der Waals surface area contributed by atoms with Gasteiger partial charge in [0.1, 0.15) is 0 Å². The van der Waals surface area contributed by atoms with Gasteiger partial charge in [0.2, 0.25) is 0 Å². The Morgan fingerprint density at radius 1 is 1.14 bits per heavy atom. The quantitative estimate of drug-likeness (QED) is 0.638. The summed E-state index contributed by atoms with van der Waals surface area (Å²) in [6, 6.07) is 11.7. The zero-order valence-corrected chi connectivity index (χ0v) is 12.5. The smallest absolute Gasteiger partial charge is 0.269 e. The van der Waals surface area contributed by atoms with Gasteiger partial charge in [0.15, 0.2) is 0 Å². The monoisotopic (exact) mass is 326 g/mol. The first kappa shape index (κ1) is 15.3. The van der Waals surface area contributed by atoms with Crippen LogP contribution in [0.3, 0.4) is 0 Å². The number of benzene rings is 2. The maximum absolute atomic E-state index is 12.5. The van der Waals surface area contributed by atoms with Crippen LogP contribution in [-0.4, -0.2) is 20.4 Å². The van der Waals surface area contributed by atoms with E-state index < -0.39 is 14.9 Å². The minimum absolute atomic E-state index is 0.00997. The third-order valence-corrected chi connectivity index (χ3v) is 4.83. The fraction of sp³-hybridized carbons (Fsp3) is 0.0769. The molecule has 110 valence electrons. The summed E-state index contributed by atoms with van der Waals surface area (Å²) in [7, 11) is -2.55. The fourth-order valence-electron chi connectivity index (χ4n) is 1.74. The summed E-state index contributed by atoms with van der Waals surface area (Å²) in [6.45, 7) is 0. The van der Waals surface area contributed by atoms with Crippen LogP contribution in [0.1, 0.15) is 0 Å². The van der Waals surface area contributed by atoms with Crippen molar-refractivity contribution >= 4 is 33.0 Å². The molecular formula is C13H11ClN2O4S. The molecule has 0 N–H and O–H groups in total. The summed E-state index contributed by atoms with van der Waals surface area (Å²) in [5.41, 5.74) is 0.0719. The molecular weight excluding hydrogens is 316 g/mol. The average Bonchev–Trinajstić information content (AvgIpc) is 2.46. The second kappa shape index (κ2) is 5.71. The highest BCUT2D eigenvalue weighted by molar-refractivity contribution is 7.92. The largest absolute Gasteiger partial charge is 0.272 e. The number of non-ortho nitro benzene ring substituents is 1. The van der Waals surface area contributed by atoms with Gasteiger partial charge in [-0.15, -0.1) is 0 Å². The molecule has 0 saturated heterocycles. The molecule has 0 unspecified atom stereocenters. The molecule has 0 bridgehead atoms. The van der Waals surface area contributed by atoms with Crippen molar-refractivity contribution in [2.24, 2.45) is 0 Å². The van der Waals surface area contributed by atoms with E-state index >= 15 is 0 Å². The molecule has 0 aliphatic rings. The van der Waals surface area contributed by atoms with Crippen LogP contribution in [-0.2, 0) is 10.0 Å². The van der Waals surface area contributed by atoms with Gasteiger partial charge in [0.25, 0.3) is 15.7 Å². The third kappa shape index (κ3) is 3.14. The summed E-state index contributed by atoms with van der Waals surface area (Å²) in [5, 5.41) is 10.8. The van der Waals surface area contributed by atoms with Crippen molar-refractivity contribution in [2.45, 2.75) is 4.90 Å². The van der Waals surface area contributed by atoms with E-state index in [0.717, 1.165) is 16.4 Å². The molecule has 0 aliphatic heterocycles. The van der Waals surface area contributed by atoms with E-state index in [1.54, 1.807) is 30.3 Å². The van der Waals surface area contributed by atoms with Crippen LogP contribution in [0.2, 0.25) is 5.02 Å². The van der Waals surface area contributed by atoms with E-state index in [0.29, 0.717) is 5.69 Å². The van der Waals surface area contributed by atoms with Crippen LogP contribution in [0.5, 0.6) is 0 Å². The van der Waals surface area contributed by atoms with Gasteiger partial charge in [0, 0.05) is 24.2 Å². The standard InChI is InChI=1S/C13H11ClN2O4S/c1-15(11-5-3-2-4-6-11)21(19,20)13-8-10(14)7-12(9-13)16(17)18/h2-9H,1H3. The van der Waals surface area contributed by atoms with E-state index in [1.165, 1.54) is 13.1 Å². The number of para-hydroxylation sites is 1. The number of hydrogen-bond donors (Lipinski definition) is 0. The first-order valence-corrected chi connectivity index (χ1v) is 7.63. The van der Waals surface area contributed by atoms with Crippen molar-refractivity contribution < 1.29 is 13.3 Å². The highest BCUT2D eigenvalue weighted by atomic mass is 35.5. The van der Waals surface area contributed by atoms with Crippen LogP contribution < -0.4 is 4.31 Å². The zero-order valence-electron chi connectivity index (χ0n) is 10.9. The van der Waals surface area contributed by atoms with E-state index in [1.807, 2.05) is 0 Å². The molecule has 2 aromatic carbocycles. The zero-order chi connectivity index (χ0) is 15.6. The van der Waals surface area contributed by atoms with Crippen molar-refractivity contribution in [3.05, 3.63) is 63.7 Å². The lowest BCUT2D eigenvalue weighted by Crippen LogP contribution is -2.26. The topological polar surface area (TPSA) is 80.5 Å². The lowest BCUT2D eigenvalue weighted by atomic mass is 10.3. The van der Waals surface area contributed by atoms with Crippen LogP contribution >= 0.6 is 11.6 Å². The molecule has 0 aliphatic carbocycles. The average molecular weight is 327 g/mol. The Hall–Kier alpha value is -2.12. The number of hydrogen-bond acceptors (Lipinski definition) is 4. The molecule has 2 aromatic rings. The molecule has 0 aromatic heterocycles. The van der Waals surface area contributed by atoms with Crippen LogP contribution in [0, 0.1) is 10.1 Å². The summed E-state index contributed by atoms with van der Waals surface area (Å²) >= 11 is 5.76. The molecule has 6 nitrogen and oxygen atoms in total. The molecule has 0 spiro atoms. The summed E-state index contributed by atoms with van der Waals surface area (Å²) in [6.07, 6.45) is 0. The third-order valence-electron chi connectivity index (χ3n) is 2.85. The van der Waals surface area contributed by atoms with Crippen molar-refractivity contribution in [3.63, 3.8) is 0 Å². The number of nitro benzene ring substituents is 1. The van der Waals surface area contributed by atoms with E-state index in [4.69, 9.17) is 11.6 Å². The molecule has 0 heterocycles. The number of halogens is 1. The van der Waals surface area contributed by atoms with Crippen molar-refractivity contribution in [3.8, 4) is 0 Å². The van der Waals surface area contributed by atoms with Gasteiger partial charge < -0.3 is 0 Å². The van der Waals surface area contributed by atoms with Gasteiger partial charge in [0.05, 0.1) is 15.5 Å². The van der Waals surface area contributed by atoms with Crippen molar-refractivity contribution in [1.29, 1.82) is 0 Å². The van der Waals surface area contributed by atoms with E-state index in [-0.39, 0.29) is 15.6 Å². The Morgan fingerprint density at radius 2 is 1.76 bits per heavy atom. The molecule has 0 amide bonds. The maximum Gasteiger partial charge on any atom is 0.272 e. The highest BCUT2D eigenvalue weighted by Crippen LogP contribution is 2.27. The van der Waals surface area contributed by atoms with Gasteiger partial charge in [-0.25, -0.2) is 8.42 Å². The summed E-state index contributed by atoms with van der Waals surface area (Å²) < 4.78 is 26.1. The van der Waals surface area contributed by atoms with Gasteiger partial charge in [-0.2, -0.15) is 0 Å². The summed E-state index contributed by atoms with van der Waals surface area (Å²) in [5.74, 6) is 0. The Kier molecular flexibility index (Phi) is 4.15. The van der Waals surface area contributed by atoms with Gasteiger partial charge in [-0.3, -0.25) is 14.4 Å². The Bertz CT molecular complexity index is 778. The fourth-order valence-corrected chi connectivity index (χ4v) is 3.29. The molecule has 0 atom stereocenters. The molecule has 2 rings (SSSR count). The molecule has 21 heavy (non-hydrogen) atoms. The van der Waals surface area contributed by atoms with Crippen molar-refractivity contribution in [2.75, 3.05) is 11.4 Å². The lowest BCUT2D eigenvalue weighted by molar-refractivity contribution is -0.385. The van der Waals surface area contributed by atoms with E-state index in [9.17, 15) is 18.5 Å². The second-order valence-corrected chi connectivity index (χ2v) is 6.62. The predicted molar refractivity (Wildman–Crippen MR) is 80.1 cm³/mol. The van der Waals surface area contributed by atoms with Crippen LogP contribution in [0.25, 0.3) is 0 Å². The highest BCUT2D eigenvalue weighted by Gasteiger charge is 2.24. The lowest BCUT2D eigenvalue weighted by Gasteiger charge is -2.19. The van der Waals surface area contributed by atoms with Gasteiger partial charge >= 0.3 is 0 Å². The SMILES string of the molecule is CN(c1ccccc1)S(=O)(=O)c1cc(Cl)cc([N+](=O)[O-])c1.